The number of hydrogen-bond donors (Lipinski definition) is 1. The van der Waals surface area contributed by atoms with Crippen LogP contribution in [0, 0.1) is 6.92 Å². The van der Waals surface area contributed by atoms with Crippen LogP contribution in [-0.4, -0.2) is 107 Å². The first kappa shape index (κ1) is 42.8. The second-order valence-electron chi connectivity index (χ2n) is 17.8. The first-order chi connectivity index (χ1) is 29.6. The van der Waals surface area contributed by atoms with Gasteiger partial charge in [0.1, 0.15) is 11.4 Å². The van der Waals surface area contributed by atoms with Crippen LogP contribution in [0.15, 0.2) is 72.9 Å². The molecule has 1 N–H and O–H groups in total. The fourth-order valence-electron chi connectivity index (χ4n) is 9.08. The Kier molecular flexibility index (Phi) is 12.1. The van der Waals surface area contributed by atoms with E-state index in [4.69, 9.17) is 14.5 Å². The smallest absolute Gasteiger partial charge is 0.410 e. The quantitative estimate of drug-likeness (QED) is 0.176. The van der Waals surface area contributed by atoms with Crippen molar-refractivity contribution in [2.45, 2.75) is 96.4 Å². The molecule has 62 heavy (non-hydrogen) atoms. The molecular formula is C47H56F2N8O5. The van der Waals surface area contributed by atoms with Crippen molar-refractivity contribution in [3.63, 3.8) is 0 Å². The van der Waals surface area contributed by atoms with Gasteiger partial charge in [0.05, 0.1) is 38.5 Å². The number of imide groups is 1. The fraction of sp³-hybridized carbons (Fsp3) is 0.468. The van der Waals surface area contributed by atoms with Crippen LogP contribution in [-0.2, 0) is 29.0 Å². The van der Waals surface area contributed by atoms with Crippen LogP contribution in [0.1, 0.15) is 80.3 Å². The van der Waals surface area contributed by atoms with Gasteiger partial charge in [0.25, 0.3) is 5.92 Å². The number of likely N-dealkylation sites (tertiary alicyclic amines) is 1. The molecule has 1 atom stereocenters. The second kappa shape index (κ2) is 17.5. The number of aromatic nitrogens is 2. The van der Waals surface area contributed by atoms with E-state index < -0.39 is 23.6 Å². The number of alkyl halides is 2. The van der Waals surface area contributed by atoms with Gasteiger partial charge in [-0.05, 0) is 137 Å². The number of ether oxygens (including phenoxy) is 2. The van der Waals surface area contributed by atoms with Crippen LogP contribution in [0.3, 0.4) is 0 Å². The number of nitrogens with zero attached hydrogens (tertiary/aromatic N) is 7. The number of carbonyl (C=O) groups excluding carboxylic acids is 3. The number of methoxy groups -OCH3 is 1. The Bertz CT molecular complexity index is 2280. The summed E-state index contributed by atoms with van der Waals surface area (Å²) in [5, 5.41) is 3.29. The summed E-state index contributed by atoms with van der Waals surface area (Å²) in [5.74, 6) is -1.73. The van der Waals surface area contributed by atoms with Gasteiger partial charge in [0.15, 0.2) is 0 Å². The molecule has 4 aliphatic rings. The number of nitrogens with one attached hydrogen (secondary N) is 1. The van der Waals surface area contributed by atoms with E-state index in [0.29, 0.717) is 68.6 Å². The molecular weight excluding hydrogens is 795 g/mol. The first-order valence-electron chi connectivity index (χ1n) is 21.6. The standard InChI is InChI=1S/C47H56F2N8O5/c1-31-26-37(12-15-40(31)56-25-20-42(58)57(44(56)59)28-32-6-13-38(61-5)14-7-32)55-24-19-41(47(48,49)30-55)53-21-16-34(17-22-53)33-8-10-36(11-9-33)51-43-50-27-35-18-23-54(29-39(35)52-43)45(60)62-46(2,3)4/h6-15,26-27,34,41H,16-25,28-30H2,1-5H3,(H,50,51,52). The lowest BCUT2D eigenvalue weighted by Gasteiger charge is -2.46. The number of halogens is 2. The number of hydrogen-bond acceptors (Lipinski definition) is 10. The zero-order chi connectivity index (χ0) is 43.8. The molecule has 4 aliphatic heterocycles. The van der Waals surface area contributed by atoms with E-state index >= 15 is 8.78 Å². The van der Waals surface area contributed by atoms with Gasteiger partial charge in [-0.2, -0.15) is 0 Å². The SMILES string of the molecule is COc1ccc(CN2C(=O)CCN(c3ccc(N4CCC(N5CCC(c6ccc(Nc7ncc8c(n7)CN(C(=O)OC(C)(C)C)CC8)cc6)CC5)C(F)(F)C4)cc3C)C2=O)cc1. The Hall–Kier alpha value is -5.83. The minimum Gasteiger partial charge on any atom is -0.497 e. The van der Waals surface area contributed by atoms with Crippen LogP contribution in [0.25, 0.3) is 0 Å². The van der Waals surface area contributed by atoms with Crippen molar-refractivity contribution in [3.8, 4) is 5.75 Å². The largest absolute Gasteiger partial charge is 0.497 e. The lowest BCUT2D eigenvalue weighted by atomic mass is 9.87. The average molecular weight is 851 g/mol. The number of rotatable bonds is 9. The Morgan fingerprint density at radius 1 is 0.919 bits per heavy atom. The van der Waals surface area contributed by atoms with Gasteiger partial charge in [-0.1, -0.05) is 24.3 Å². The topological polar surface area (TPSA) is 124 Å². The van der Waals surface area contributed by atoms with Crippen LogP contribution in [0.4, 0.5) is 41.4 Å². The van der Waals surface area contributed by atoms with E-state index in [1.807, 2.05) is 81.3 Å². The third-order valence-corrected chi connectivity index (χ3v) is 12.4. The van der Waals surface area contributed by atoms with E-state index in [9.17, 15) is 14.4 Å². The molecule has 13 nitrogen and oxygen atoms in total. The fourth-order valence-corrected chi connectivity index (χ4v) is 9.08. The van der Waals surface area contributed by atoms with Crippen molar-refractivity contribution in [3.05, 3.63) is 101 Å². The highest BCUT2D eigenvalue weighted by atomic mass is 19.3. The molecule has 3 aromatic carbocycles. The van der Waals surface area contributed by atoms with Gasteiger partial charge in [-0.3, -0.25) is 19.5 Å². The van der Waals surface area contributed by atoms with Crippen molar-refractivity contribution in [2.75, 3.05) is 61.5 Å². The van der Waals surface area contributed by atoms with Crippen molar-refractivity contribution >= 4 is 41.0 Å². The number of amides is 4. The Morgan fingerprint density at radius 2 is 1.66 bits per heavy atom. The van der Waals surface area contributed by atoms with Crippen LogP contribution in [0.5, 0.6) is 5.75 Å². The highest BCUT2D eigenvalue weighted by Crippen LogP contribution is 2.39. The molecule has 328 valence electrons. The predicted octanol–water partition coefficient (Wildman–Crippen LogP) is 8.28. The van der Waals surface area contributed by atoms with E-state index in [1.54, 1.807) is 33.9 Å². The van der Waals surface area contributed by atoms with Crippen molar-refractivity contribution in [1.29, 1.82) is 0 Å². The van der Waals surface area contributed by atoms with Gasteiger partial charge in [0.2, 0.25) is 11.9 Å². The third kappa shape index (κ3) is 9.47. The molecule has 15 heteroatoms. The molecule has 0 spiro atoms. The summed E-state index contributed by atoms with van der Waals surface area (Å²) in [4.78, 5) is 56.6. The molecule has 1 unspecified atom stereocenters. The number of benzene rings is 3. The molecule has 0 aliphatic carbocycles. The van der Waals surface area contributed by atoms with Crippen LogP contribution < -0.4 is 19.9 Å². The number of carbonyl (C=O) groups is 3. The summed E-state index contributed by atoms with van der Waals surface area (Å²) in [6.45, 7) is 10.1. The molecule has 0 saturated carbocycles. The molecule has 0 bridgehead atoms. The molecule has 4 aromatic rings. The third-order valence-electron chi connectivity index (χ3n) is 12.4. The van der Waals surface area contributed by atoms with Gasteiger partial charge >= 0.3 is 12.1 Å². The monoisotopic (exact) mass is 850 g/mol. The zero-order valence-corrected chi connectivity index (χ0v) is 36.2. The normalized spacial score (nSPS) is 20.0. The average Bonchev–Trinajstić information content (AvgIpc) is 3.25. The van der Waals surface area contributed by atoms with Gasteiger partial charge in [-0.15, -0.1) is 0 Å². The second-order valence-corrected chi connectivity index (χ2v) is 17.8. The minimum atomic E-state index is -2.91. The summed E-state index contributed by atoms with van der Waals surface area (Å²) in [7, 11) is 1.58. The maximum atomic E-state index is 16.0. The molecule has 3 saturated heterocycles. The number of anilines is 4. The number of piperidine rings is 2. The molecule has 5 heterocycles. The number of fused-ring (bicyclic) bond motifs is 1. The van der Waals surface area contributed by atoms with Crippen molar-refractivity contribution < 1.29 is 32.6 Å². The van der Waals surface area contributed by atoms with Crippen LogP contribution >= 0.6 is 0 Å². The number of aryl methyl sites for hydroxylation is 1. The summed E-state index contributed by atoms with van der Waals surface area (Å²) in [5.41, 5.74) is 6.21. The maximum Gasteiger partial charge on any atom is 0.410 e. The van der Waals surface area contributed by atoms with Crippen LogP contribution in [0.2, 0.25) is 0 Å². The zero-order valence-electron chi connectivity index (χ0n) is 36.2. The summed E-state index contributed by atoms with van der Waals surface area (Å²) in [6, 6.07) is 19.7. The molecule has 0 radical (unpaired) electrons. The predicted molar refractivity (Wildman–Crippen MR) is 233 cm³/mol. The maximum absolute atomic E-state index is 16.0. The Labute approximate surface area is 362 Å². The van der Waals surface area contributed by atoms with E-state index in [1.165, 1.54) is 10.5 Å². The number of urea groups is 1. The summed E-state index contributed by atoms with van der Waals surface area (Å²) in [6.07, 6.45) is 4.25. The van der Waals surface area contributed by atoms with E-state index in [0.717, 1.165) is 40.9 Å². The molecule has 1 aromatic heterocycles. The van der Waals surface area contributed by atoms with E-state index in [2.05, 4.69) is 22.4 Å². The van der Waals surface area contributed by atoms with E-state index in [-0.39, 0.29) is 44.0 Å². The lowest BCUT2D eigenvalue weighted by molar-refractivity contribution is -0.129. The molecule has 3 fully saturated rings. The molecule has 8 rings (SSSR count). The molecule has 4 amide bonds. The Balaban J connectivity index is 0.831. The first-order valence-corrected chi connectivity index (χ1v) is 21.6. The van der Waals surface area contributed by atoms with Crippen molar-refractivity contribution in [2.24, 2.45) is 0 Å². The summed E-state index contributed by atoms with van der Waals surface area (Å²) < 4.78 is 42.9. The summed E-state index contributed by atoms with van der Waals surface area (Å²) >= 11 is 0. The van der Waals surface area contributed by atoms with Gasteiger partial charge in [0, 0.05) is 49.3 Å². The minimum absolute atomic E-state index is 0.149. The highest BCUT2D eigenvalue weighted by Gasteiger charge is 2.48. The van der Waals surface area contributed by atoms with Gasteiger partial charge in [-0.25, -0.2) is 28.3 Å². The van der Waals surface area contributed by atoms with Crippen molar-refractivity contribution in [1.82, 2.24) is 24.7 Å². The highest BCUT2D eigenvalue weighted by molar-refractivity contribution is 6.06. The van der Waals surface area contributed by atoms with Gasteiger partial charge < -0.3 is 24.6 Å². The Morgan fingerprint density at radius 3 is 2.34 bits per heavy atom. The lowest BCUT2D eigenvalue weighted by Crippen LogP contribution is -2.59.